The number of furan rings is 1. The van der Waals surface area contributed by atoms with Gasteiger partial charge < -0.3 is 18.1 Å². The molecule has 17 heteroatoms. The molecule has 0 unspecified atom stereocenters. The number of thiophene rings is 1. The first-order valence-corrected chi connectivity index (χ1v) is 46.0. The Labute approximate surface area is 823 Å². The second-order valence-electron chi connectivity index (χ2n) is 33.9. The lowest BCUT2D eigenvalue weighted by Crippen LogP contribution is -1.96. The predicted octanol–water partition coefficient (Wildman–Crippen LogP) is 34.5. The molecule has 0 saturated carbocycles. The van der Waals surface area contributed by atoms with Crippen LogP contribution in [0, 0.1) is 107 Å². The predicted molar refractivity (Wildman–Crippen MR) is 572 cm³/mol. The fourth-order valence-corrected chi connectivity index (χ4v) is 21.4. The summed E-state index contributed by atoms with van der Waals surface area (Å²) in [5.41, 5.74) is 27.1. The van der Waals surface area contributed by atoms with Crippen LogP contribution in [0.3, 0.4) is 0 Å². The monoisotopic (exact) mass is 1830 g/mol. The van der Waals surface area contributed by atoms with Gasteiger partial charge in [-0.1, -0.05) is 224 Å². The van der Waals surface area contributed by atoms with Gasteiger partial charge in [-0.2, -0.15) is 31.6 Å². The van der Waals surface area contributed by atoms with E-state index < -0.39 is 0 Å². The third-order valence-corrected chi connectivity index (χ3v) is 27.5. The van der Waals surface area contributed by atoms with Crippen molar-refractivity contribution in [2.75, 3.05) is 0 Å². The molecule has 0 fully saturated rings. The molecule has 143 heavy (non-hydrogen) atoms. The molecule has 0 aliphatic carbocycles. The minimum atomic E-state index is 0.389. The normalized spacial score (nSPS) is 10.9. The van der Waals surface area contributed by atoms with Crippen LogP contribution in [0.2, 0.25) is 0 Å². The zero-order valence-electron chi connectivity index (χ0n) is 75.4. The molecule has 5 heterocycles. The summed E-state index contributed by atoms with van der Waals surface area (Å²) in [6, 6.07) is 137. The van der Waals surface area contributed by atoms with Crippen LogP contribution in [0.1, 0.15) is 33.4 Å². The molecule has 5 aromatic heterocycles. The molecule has 0 N–H and O–H groups in total. The Kier molecular flexibility index (Phi) is 22.1. The van der Waals surface area contributed by atoms with Crippen LogP contribution < -0.4 is 0 Å². The second-order valence-corrected chi connectivity index (χ2v) is 35.0. The van der Waals surface area contributed by atoms with Gasteiger partial charge in [-0.05, 0) is 213 Å². The molecular weight excluding hydrogens is 1770 g/mol. The fourth-order valence-electron chi connectivity index (χ4n) is 20.3. The summed E-state index contributed by atoms with van der Waals surface area (Å²) in [6.45, 7) is 47.4. The molecule has 24 aromatic rings. The Morgan fingerprint density at radius 3 is 0.909 bits per heavy atom. The highest BCUT2D eigenvalue weighted by Crippen LogP contribution is 2.52. The molecule has 0 radical (unpaired) electrons. The lowest BCUT2D eigenvalue weighted by atomic mass is 9.92. The van der Waals surface area contributed by atoms with Crippen molar-refractivity contribution >= 4 is 153 Å². The Bertz CT molecular complexity index is 9550. The molecule has 24 rings (SSSR count). The van der Waals surface area contributed by atoms with Gasteiger partial charge in [0.05, 0.1) is 109 Å². The highest BCUT2D eigenvalue weighted by molar-refractivity contribution is 7.25. The minimum Gasteiger partial charge on any atom is -0.456 e. The maximum Gasteiger partial charge on any atom is 0.196 e. The fraction of sp³-hybridized carbons (Fsp3) is 0. The van der Waals surface area contributed by atoms with E-state index in [0.29, 0.717) is 101 Å². The Morgan fingerprint density at radius 1 is 0.210 bits per heavy atom. The van der Waals surface area contributed by atoms with Crippen LogP contribution in [0.15, 0.2) is 387 Å². The molecule has 0 amide bonds. The molecule has 0 aliphatic rings. The number of hydrogen-bond donors (Lipinski definition) is 0. The third kappa shape index (κ3) is 14.7. The Balaban J connectivity index is 0.000000123. The van der Waals surface area contributed by atoms with Crippen LogP contribution in [0.5, 0.6) is 0 Å². The molecule has 654 valence electrons. The lowest BCUT2D eigenvalue weighted by molar-refractivity contribution is 0.669. The number of para-hydroxylation sites is 1. The van der Waals surface area contributed by atoms with Crippen molar-refractivity contribution in [2.45, 2.75) is 0 Å². The Morgan fingerprint density at radius 2 is 0.524 bits per heavy atom. The number of aromatic nitrogens is 3. The van der Waals surface area contributed by atoms with Gasteiger partial charge in [-0.15, -0.1) is 11.3 Å². The van der Waals surface area contributed by atoms with E-state index in [1.165, 1.54) is 20.2 Å². The van der Waals surface area contributed by atoms with E-state index in [1.807, 2.05) is 170 Å². The van der Waals surface area contributed by atoms with Crippen molar-refractivity contribution in [3.05, 3.63) is 484 Å². The number of hydrogen-bond acceptors (Lipinski definition) is 8. The van der Waals surface area contributed by atoms with Gasteiger partial charge in [0.1, 0.15) is 11.2 Å². The summed E-state index contributed by atoms with van der Waals surface area (Å²) in [6.07, 6.45) is 0. The average molecular weight is 1840 g/mol. The van der Waals surface area contributed by atoms with Crippen LogP contribution in [-0.2, 0) is 0 Å². The SMILES string of the molecule is [C-]#[N+]c1cccc(C#N)c1-c1ccc2c(c1)c1c(-c3c(C#N)cccc3[N+]#[C-])cccc1n2-c1cc(-c2ccccc2)cc(-c2ccccc2)c1.[C-]#[N+]c1cccc(C#N)c1-c1ccc2c(c1)c1c(-c3c(C#N)cccc3[N+]#[C-])cccc1n2-c1ccc2oc3ccccc3c2c1.[C-]#[N+]c1cccc(C#N)c1-c1ccc2c(c1)c1c(-c3c(C#N)cccc3[N+]#[C-])cccc1n2-c1ccc2sc3ccccc3c2c1. The maximum absolute atomic E-state index is 10.2. The summed E-state index contributed by atoms with van der Waals surface area (Å²) in [5, 5.41) is 70.1. The number of benzene rings is 19. The standard InChI is InChI=1S/C46H25N5.C40H19N5O.C40H19N5S/c1-49-40-19-9-16-33(28-47)44(40)32-22-23-42-39(27-32)46-38(45-34(29-48)17-10-20-41(45)50-2)18-11-21-43(46)51(42)37-25-35(30-12-5-3-6-13-30)24-36(26-37)31-14-7-4-8-15-31;2*1-43-32-12-5-8-25(22-41)38(32)24-16-18-34-31(20-24)40-29(39-26(23-42)9-6-13-33(39)44-2)11-7-14-35(40)45(34)27-17-19-37-30(21-27)28-10-3-4-15-36(28)46-37/h3-27H;2*3-21H. The zero-order valence-corrected chi connectivity index (χ0v) is 76.2. The molecule has 0 spiro atoms. The summed E-state index contributed by atoms with van der Waals surface area (Å²) in [4.78, 5) is 22.6. The number of nitriles is 6. The molecule has 0 bridgehead atoms. The van der Waals surface area contributed by atoms with E-state index in [2.05, 4.69) is 182 Å². The van der Waals surface area contributed by atoms with Gasteiger partial charge in [0, 0.05) is 147 Å². The van der Waals surface area contributed by atoms with Gasteiger partial charge in [-0.3, -0.25) is 0 Å². The first kappa shape index (κ1) is 86.9. The molecular formula is C126H63N15OS. The van der Waals surface area contributed by atoms with Gasteiger partial charge in [0.2, 0.25) is 0 Å². The second kappa shape index (κ2) is 36.4. The quantitative estimate of drug-likeness (QED) is 0.115. The van der Waals surface area contributed by atoms with Crippen molar-refractivity contribution in [3.63, 3.8) is 0 Å². The van der Waals surface area contributed by atoms with Gasteiger partial charge in [0.15, 0.2) is 34.1 Å². The van der Waals surface area contributed by atoms with Gasteiger partial charge >= 0.3 is 0 Å². The van der Waals surface area contributed by atoms with Crippen LogP contribution in [0.4, 0.5) is 34.1 Å². The van der Waals surface area contributed by atoms with Gasteiger partial charge in [-0.25, -0.2) is 29.1 Å². The van der Waals surface area contributed by atoms with Crippen molar-refractivity contribution in [3.8, 4) is 142 Å². The third-order valence-electron chi connectivity index (χ3n) is 26.4. The first-order valence-electron chi connectivity index (χ1n) is 45.2. The molecule has 0 aliphatic heterocycles. The van der Waals surface area contributed by atoms with Crippen LogP contribution in [0.25, 0.3) is 243 Å². The van der Waals surface area contributed by atoms with Crippen LogP contribution in [-0.4, -0.2) is 13.7 Å². The largest absolute Gasteiger partial charge is 0.456 e. The summed E-state index contributed by atoms with van der Waals surface area (Å²) in [7, 11) is 0. The highest BCUT2D eigenvalue weighted by atomic mass is 32.1. The smallest absolute Gasteiger partial charge is 0.196 e. The van der Waals surface area contributed by atoms with E-state index in [9.17, 15) is 31.6 Å². The van der Waals surface area contributed by atoms with E-state index in [-0.39, 0.29) is 0 Å². The molecule has 19 aromatic carbocycles. The average Bonchev–Trinajstić information content (AvgIpc) is 1.57. The molecule has 16 nitrogen and oxygen atoms in total. The highest BCUT2D eigenvalue weighted by Gasteiger charge is 2.29. The topological polar surface area (TPSA) is 197 Å². The number of nitrogens with zero attached hydrogens (tertiary/aromatic N) is 15. The number of fused-ring (bicyclic) bond motifs is 15. The summed E-state index contributed by atoms with van der Waals surface area (Å²) in [5.74, 6) is 0. The van der Waals surface area contributed by atoms with Crippen molar-refractivity contribution < 1.29 is 4.42 Å². The van der Waals surface area contributed by atoms with Gasteiger partial charge in [0.25, 0.3) is 0 Å². The number of rotatable bonds is 11. The molecule has 0 atom stereocenters. The minimum absolute atomic E-state index is 0.389. The van der Waals surface area contributed by atoms with Crippen LogP contribution >= 0.6 is 11.3 Å². The van der Waals surface area contributed by atoms with Crippen molar-refractivity contribution in [1.82, 2.24) is 13.7 Å². The summed E-state index contributed by atoms with van der Waals surface area (Å²) >= 11 is 1.77. The van der Waals surface area contributed by atoms with Crippen molar-refractivity contribution in [2.24, 2.45) is 0 Å². The van der Waals surface area contributed by atoms with E-state index in [0.717, 1.165) is 160 Å². The maximum atomic E-state index is 10.2. The molecule has 0 saturated heterocycles. The van der Waals surface area contributed by atoms with Crippen molar-refractivity contribution in [1.29, 1.82) is 31.6 Å². The van der Waals surface area contributed by atoms with E-state index >= 15 is 0 Å². The summed E-state index contributed by atoms with van der Waals surface area (Å²) < 4.78 is 15.2. The first-order chi connectivity index (χ1) is 70.4. The Hall–Kier alpha value is -21.5. The zero-order chi connectivity index (χ0) is 97.6. The lowest BCUT2D eigenvalue weighted by Gasteiger charge is -2.15. The van der Waals surface area contributed by atoms with E-state index in [1.54, 1.807) is 121 Å². The van der Waals surface area contributed by atoms with E-state index in [4.69, 9.17) is 43.8 Å².